The number of halogens is 3. The third kappa shape index (κ3) is 6.23. The number of hydrogen-bond acceptors (Lipinski definition) is 6. The van der Waals surface area contributed by atoms with Gasteiger partial charge < -0.3 is 14.8 Å². The molecule has 0 atom stereocenters. The van der Waals surface area contributed by atoms with Crippen molar-refractivity contribution in [3.05, 3.63) is 53.8 Å². The lowest BCUT2D eigenvalue weighted by Crippen LogP contribution is -2.36. The van der Waals surface area contributed by atoms with Crippen LogP contribution in [0.1, 0.15) is 29.6 Å². The monoisotopic (exact) mass is 486 g/mol. The highest BCUT2D eigenvalue weighted by molar-refractivity contribution is 7.89. The molecule has 3 rings (SSSR count). The minimum atomic E-state index is -4.14. The molecular weight excluding hydrogens is 465 g/mol. The minimum absolute atomic E-state index is 0.0597. The van der Waals surface area contributed by atoms with Crippen LogP contribution < -0.4 is 10.1 Å². The molecule has 1 fully saturated rings. The van der Waals surface area contributed by atoms with Gasteiger partial charge >= 0.3 is 12.6 Å². The van der Waals surface area contributed by atoms with Gasteiger partial charge in [0.1, 0.15) is 16.5 Å². The third-order valence-corrected chi connectivity index (χ3v) is 6.72. The molecular formula is C21H21F3N2O6S. The summed E-state index contributed by atoms with van der Waals surface area (Å²) in [5.74, 6) is -3.20. The molecule has 178 valence electrons. The van der Waals surface area contributed by atoms with Crippen molar-refractivity contribution in [2.75, 3.05) is 25.0 Å². The van der Waals surface area contributed by atoms with Crippen molar-refractivity contribution in [2.24, 2.45) is 0 Å². The number of amides is 1. The number of alkyl halides is 2. The Labute approximate surface area is 188 Å². The number of anilines is 1. The van der Waals surface area contributed by atoms with Crippen molar-refractivity contribution in [1.29, 1.82) is 0 Å². The van der Waals surface area contributed by atoms with Crippen molar-refractivity contribution < 1.29 is 40.7 Å². The maximum Gasteiger partial charge on any atom is 0.387 e. The lowest BCUT2D eigenvalue weighted by molar-refractivity contribution is -0.119. The van der Waals surface area contributed by atoms with Crippen molar-refractivity contribution in [1.82, 2.24) is 4.31 Å². The zero-order valence-corrected chi connectivity index (χ0v) is 18.1. The molecule has 1 N–H and O–H groups in total. The van der Waals surface area contributed by atoms with Crippen LogP contribution in [-0.2, 0) is 19.6 Å². The highest BCUT2D eigenvalue weighted by Crippen LogP contribution is 2.26. The minimum Gasteiger partial charge on any atom is -0.452 e. The molecule has 2 aromatic carbocycles. The van der Waals surface area contributed by atoms with Crippen molar-refractivity contribution >= 4 is 27.6 Å². The van der Waals surface area contributed by atoms with Crippen LogP contribution in [0.25, 0.3) is 0 Å². The van der Waals surface area contributed by atoms with E-state index >= 15 is 0 Å². The summed E-state index contributed by atoms with van der Waals surface area (Å²) in [6.45, 7) is -3.39. The fourth-order valence-corrected chi connectivity index (χ4v) is 4.85. The Kier molecular flexibility index (Phi) is 7.92. The first-order valence-electron chi connectivity index (χ1n) is 9.99. The molecule has 1 saturated heterocycles. The number of piperidine rings is 1. The van der Waals surface area contributed by atoms with Gasteiger partial charge in [0.2, 0.25) is 10.0 Å². The second kappa shape index (κ2) is 10.7. The van der Waals surface area contributed by atoms with Crippen LogP contribution in [0, 0.1) is 5.82 Å². The van der Waals surface area contributed by atoms with Gasteiger partial charge in [-0.3, -0.25) is 4.79 Å². The molecule has 8 nitrogen and oxygen atoms in total. The fourth-order valence-electron chi connectivity index (χ4n) is 3.24. The molecule has 0 aliphatic carbocycles. The van der Waals surface area contributed by atoms with E-state index in [1.165, 1.54) is 24.3 Å². The smallest absolute Gasteiger partial charge is 0.387 e. The number of sulfonamides is 1. The lowest BCUT2D eigenvalue weighted by Gasteiger charge is -2.26. The number of carbonyl (C=O) groups is 2. The van der Waals surface area contributed by atoms with Crippen LogP contribution in [0.5, 0.6) is 5.75 Å². The third-order valence-electron chi connectivity index (χ3n) is 4.81. The highest BCUT2D eigenvalue weighted by atomic mass is 32.2. The standard InChI is InChI=1S/C21H21F3N2O6S/c22-15-9-8-14(12-18(15)33(29,30)26-10-4-1-5-11-26)20(28)31-13-19(27)25-16-6-2-3-7-17(16)32-21(23)24/h2-3,6-9,12,21H,1,4-5,10-11,13H2,(H,25,27). The van der Waals surface area contributed by atoms with E-state index in [9.17, 15) is 31.2 Å². The number of benzene rings is 2. The molecule has 33 heavy (non-hydrogen) atoms. The zero-order chi connectivity index (χ0) is 24.0. The fraction of sp³-hybridized carbons (Fsp3) is 0.333. The van der Waals surface area contributed by atoms with Gasteiger partial charge in [-0.15, -0.1) is 0 Å². The van der Waals surface area contributed by atoms with E-state index in [0.29, 0.717) is 12.8 Å². The summed E-state index contributed by atoms with van der Waals surface area (Å²) in [4.78, 5) is 23.8. The maximum atomic E-state index is 14.3. The van der Waals surface area contributed by atoms with Gasteiger partial charge in [-0.05, 0) is 43.2 Å². The summed E-state index contributed by atoms with van der Waals surface area (Å²) >= 11 is 0. The Hall–Kier alpha value is -3.12. The van der Waals surface area contributed by atoms with E-state index in [1.54, 1.807) is 0 Å². The van der Waals surface area contributed by atoms with Crippen molar-refractivity contribution in [3.63, 3.8) is 0 Å². The van der Waals surface area contributed by atoms with Crippen LogP contribution in [-0.4, -0.2) is 50.9 Å². The predicted octanol–water partition coefficient (Wildman–Crippen LogP) is 3.40. The molecule has 2 aromatic rings. The number of rotatable bonds is 8. The average Bonchev–Trinajstić information content (AvgIpc) is 2.79. The van der Waals surface area contributed by atoms with Gasteiger partial charge in [-0.2, -0.15) is 13.1 Å². The number of para-hydroxylation sites is 2. The van der Waals surface area contributed by atoms with Gasteiger partial charge in [0.25, 0.3) is 5.91 Å². The van der Waals surface area contributed by atoms with Gasteiger partial charge in [-0.1, -0.05) is 18.6 Å². The first-order valence-corrected chi connectivity index (χ1v) is 11.4. The Morgan fingerprint density at radius 2 is 1.76 bits per heavy atom. The Balaban J connectivity index is 1.66. The SMILES string of the molecule is O=C(COC(=O)c1ccc(F)c(S(=O)(=O)N2CCCCC2)c1)Nc1ccccc1OC(F)F. The summed E-state index contributed by atoms with van der Waals surface area (Å²) in [6, 6.07) is 8.18. The predicted molar refractivity (Wildman–Crippen MR) is 111 cm³/mol. The van der Waals surface area contributed by atoms with Gasteiger partial charge in [-0.25, -0.2) is 17.6 Å². The number of ether oxygens (including phenoxy) is 2. The maximum absolute atomic E-state index is 14.3. The summed E-state index contributed by atoms with van der Waals surface area (Å²) < 4.78 is 75.1. The number of esters is 1. The summed E-state index contributed by atoms with van der Waals surface area (Å²) in [5.41, 5.74) is -0.322. The van der Waals surface area contributed by atoms with Crippen LogP contribution >= 0.6 is 0 Å². The molecule has 1 heterocycles. The van der Waals surface area contributed by atoms with E-state index in [2.05, 4.69) is 10.1 Å². The summed E-state index contributed by atoms with van der Waals surface area (Å²) in [7, 11) is -4.14. The zero-order valence-electron chi connectivity index (χ0n) is 17.3. The van der Waals surface area contributed by atoms with Gasteiger partial charge in [0.05, 0.1) is 11.3 Å². The van der Waals surface area contributed by atoms with E-state index in [4.69, 9.17) is 4.74 Å². The molecule has 0 spiro atoms. The van der Waals surface area contributed by atoms with Crippen LogP contribution in [0.2, 0.25) is 0 Å². The van der Waals surface area contributed by atoms with Crippen LogP contribution in [0.15, 0.2) is 47.4 Å². The Morgan fingerprint density at radius 3 is 2.45 bits per heavy atom. The largest absolute Gasteiger partial charge is 0.452 e. The van der Waals surface area contributed by atoms with E-state index in [-0.39, 0.29) is 30.1 Å². The molecule has 12 heteroatoms. The van der Waals surface area contributed by atoms with Crippen molar-refractivity contribution in [3.8, 4) is 5.75 Å². The molecule has 0 radical (unpaired) electrons. The Morgan fingerprint density at radius 1 is 1.06 bits per heavy atom. The second-order valence-corrected chi connectivity index (χ2v) is 9.02. The normalized spacial score (nSPS) is 14.7. The summed E-state index contributed by atoms with van der Waals surface area (Å²) in [6.07, 6.45) is 2.19. The number of nitrogens with zero attached hydrogens (tertiary/aromatic N) is 1. The second-order valence-electron chi connectivity index (χ2n) is 7.11. The number of nitrogens with one attached hydrogen (secondary N) is 1. The molecule has 0 bridgehead atoms. The van der Waals surface area contributed by atoms with Crippen molar-refractivity contribution in [2.45, 2.75) is 30.8 Å². The average molecular weight is 486 g/mol. The van der Waals surface area contributed by atoms with Gasteiger partial charge in [0, 0.05) is 13.1 Å². The van der Waals surface area contributed by atoms with Crippen LogP contribution in [0.3, 0.4) is 0 Å². The molecule has 1 aliphatic rings. The van der Waals surface area contributed by atoms with E-state index in [1.807, 2.05) is 0 Å². The van der Waals surface area contributed by atoms with Gasteiger partial charge in [0.15, 0.2) is 6.61 Å². The summed E-state index contributed by atoms with van der Waals surface area (Å²) in [5, 5.41) is 2.27. The van der Waals surface area contributed by atoms with E-state index in [0.717, 1.165) is 28.9 Å². The first-order chi connectivity index (χ1) is 15.7. The Bertz CT molecular complexity index is 1120. The molecule has 1 amide bonds. The van der Waals surface area contributed by atoms with Crippen LogP contribution in [0.4, 0.5) is 18.9 Å². The lowest BCUT2D eigenvalue weighted by atomic mass is 10.2. The highest BCUT2D eigenvalue weighted by Gasteiger charge is 2.29. The van der Waals surface area contributed by atoms with E-state index < -0.39 is 45.8 Å². The molecule has 0 unspecified atom stereocenters. The quantitative estimate of drug-likeness (QED) is 0.574. The topological polar surface area (TPSA) is 102 Å². The molecule has 0 saturated carbocycles. The number of hydrogen-bond donors (Lipinski definition) is 1. The molecule has 0 aromatic heterocycles. The molecule has 1 aliphatic heterocycles. The number of carbonyl (C=O) groups excluding carboxylic acids is 2. The first kappa shape index (κ1) is 24.5.